The maximum atomic E-state index is 12.6. The lowest BCUT2D eigenvalue weighted by molar-refractivity contribution is -0.137. The van der Waals surface area contributed by atoms with Crippen molar-refractivity contribution in [2.24, 2.45) is 0 Å². The predicted octanol–water partition coefficient (Wildman–Crippen LogP) is 4.13. The van der Waals surface area contributed by atoms with Crippen LogP contribution in [0.1, 0.15) is 21.8 Å². The van der Waals surface area contributed by atoms with E-state index in [4.69, 9.17) is 18.7 Å². The third-order valence-corrected chi connectivity index (χ3v) is 3.85. The highest BCUT2D eigenvalue weighted by Crippen LogP contribution is 2.30. The number of hydrogen-bond donors (Lipinski definition) is 0. The SMILES string of the molecule is COc1cc(OC)cc(C(=O)OCc2nc(-c3ccc(C(F)(F)F)cc3)no2)c1. The second-order valence-corrected chi connectivity index (χ2v) is 5.76. The van der Waals surface area contributed by atoms with Crippen molar-refractivity contribution in [2.45, 2.75) is 12.8 Å². The van der Waals surface area contributed by atoms with Crippen LogP contribution in [-0.4, -0.2) is 30.3 Å². The normalized spacial score (nSPS) is 11.2. The fourth-order valence-electron chi connectivity index (χ4n) is 2.37. The highest BCUT2D eigenvalue weighted by molar-refractivity contribution is 5.90. The number of rotatable bonds is 6. The average molecular weight is 408 g/mol. The summed E-state index contributed by atoms with van der Waals surface area (Å²) in [6.07, 6.45) is -4.43. The Morgan fingerprint density at radius 1 is 1.03 bits per heavy atom. The van der Waals surface area contributed by atoms with Crippen molar-refractivity contribution in [1.29, 1.82) is 0 Å². The zero-order valence-electron chi connectivity index (χ0n) is 15.3. The molecule has 0 aliphatic heterocycles. The summed E-state index contributed by atoms with van der Waals surface area (Å²) < 4.78 is 58.2. The first kappa shape index (κ1) is 20.2. The van der Waals surface area contributed by atoms with Crippen molar-refractivity contribution in [3.05, 3.63) is 59.5 Å². The summed E-state index contributed by atoms with van der Waals surface area (Å²) in [5.74, 6) is 0.227. The molecule has 7 nitrogen and oxygen atoms in total. The number of alkyl halides is 3. The van der Waals surface area contributed by atoms with E-state index in [1.54, 1.807) is 6.07 Å². The molecule has 0 amide bonds. The van der Waals surface area contributed by atoms with E-state index in [0.29, 0.717) is 17.1 Å². The van der Waals surface area contributed by atoms with Crippen molar-refractivity contribution < 1.29 is 36.7 Å². The molecular weight excluding hydrogens is 393 g/mol. The van der Waals surface area contributed by atoms with E-state index in [1.165, 1.54) is 38.5 Å². The quantitative estimate of drug-likeness (QED) is 0.567. The Hall–Kier alpha value is -3.56. The van der Waals surface area contributed by atoms with Gasteiger partial charge in [0.25, 0.3) is 5.89 Å². The van der Waals surface area contributed by atoms with Gasteiger partial charge < -0.3 is 18.7 Å². The number of methoxy groups -OCH3 is 2. The van der Waals surface area contributed by atoms with Gasteiger partial charge in [-0.2, -0.15) is 18.2 Å². The minimum Gasteiger partial charge on any atom is -0.497 e. The molecule has 2 aromatic carbocycles. The molecule has 0 spiro atoms. The highest BCUT2D eigenvalue weighted by atomic mass is 19.4. The van der Waals surface area contributed by atoms with Crippen LogP contribution in [0.25, 0.3) is 11.4 Å². The van der Waals surface area contributed by atoms with E-state index < -0.39 is 17.7 Å². The maximum Gasteiger partial charge on any atom is 0.416 e. The summed E-state index contributed by atoms with van der Waals surface area (Å²) in [7, 11) is 2.90. The van der Waals surface area contributed by atoms with Crippen LogP contribution in [0.5, 0.6) is 11.5 Å². The minimum absolute atomic E-state index is 0.0110. The van der Waals surface area contributed by atoms with Crippen molar-refractivity contribution in [2.75, 3.05) is 14.2 Å². The first-order chi connectivity index (χ1) is 13.8. The van der Waals surface area contributed by atoms with E-state index in [9.17, 15) is 18.0 Å². The lowest BCUT2D eigenvalue weighted by atomic mass is 10.1. The molecule has 0 aliphatic rings. The van der Waals surface area contributed by atoms with Gasteiger partial charge in [0, 0.05) is 11.6 Å². The molecule has 29 heavy (non-hydrogen) atoms. The molecule has 0 unspecified atom stereocenters. The number of benzene rings is 2. The van der Waals surface area contributed by atoms with Crippen LogP contribution < -0.4 is 9.47 Å². The van der Waals surface area contributed by atoms with Gasteiger partial charge in [0.2, 0.25) is 5.82 Å². The van der Waals surface area contributed by atoms with E-state index in [2.05, 4.69) is 10.1 Å². The van der Waals surface area contributed by atoms with Gasteiger partial charge >= 0.3 is 12.1 Å². The van der Waals surface area contributed by atoms with E-state index in [0.717, 1.165) is 12.1 Å². The highest BCUT2D eigenvalue weighted by Gasteiger charge is 2.30. The Balaban J connectivity index is 1.67. The van der Waals surface area contributed by atoms with Crippen LogP contribution in [0.4, 0.5) is 13.2 Å². The summed E-state index contributed by atoms with van der Waals surface area (Å²) in [5.41, 5.74) is -0.256. The molecule has 0 saturated heterocycles. The maximum absolute atomic E-state index is 12.6. The molecule has 3 aromatic rings. The number of hydrogen-bond acceptors (Lipinski definition) is 7. The minimum atomic E-state index is -4.43. The smallest absolute Gasteiger partial charge is 0.416 e. The molecular formula is C19H15F3N2O5. The van der Waals surface area contributed by atoms with Crippen molar-refractivity contribution in [1.82, 2.24) is 10.1 Å². The van der Waals surface area contributed by atoms with E-state index >= 15 is 0 Å². The van der Waals surface area contributed by atoms with Gasteiger partial charge in [-0.3, -0.25) is 0 Å². The van der Waals surface area contributed by atoms with Gasteiger partial charge in [0.05, 0.1) is 25.3 Å². The Kier molecular flexibility index (Phi) is 5.71. The van der Waals surface area contributed by atoms with Crippen molar-refractivity contribution >= 4 is 5.97 Å². The molecule has 0 radical (unpaired) electrons. The zero-order chi connectivity index (χ0) is 21.0. The molecule has 10 heteroatoms. The second kappa shape index (κ2) is 8.21. The number of halogens is 3. The molecule has 1 heterocycles. The van der Waals surface area contributed by atoms with Gasteiger partial charge in [0.15, 0.2) is 6.61 Å². The zero-order valence-corrected chi connectivity index (χ0v) is 15.3. The Bertz CT molecular complexity index is 978. The van der Waals surface area contributed by atoms with Gasteiger partial charge in [-0.1, -0.05) is 17.3 Å². The Morgan fingerprint density at radius 3 is 2.21 bits per heavy atom. The molecule has 3 rings (SSSR count). The fraction of sp³-hybridized carbons (Fsp3) is 0.211. The van der Waals surface area contributed by atoms with Gasteiger partial charge in [-0.05, 0) is 24.3 Å². The molecule has 0 fully saturated rings. The van der Waals surface area contributed by atoms with E-state index in [1.807, 2.05) is 0 Å². The summed E-state index contributed by atoms with van der Waals surface area (Å²) in [6, 6.07) is 8.85. The standard InChI is InChI=1S/C19H15F3N2O5/c1-26-14-7-12(8-15(9-14)27-2)18(25)28-10-16-23-17(24-29-16)11-3-5-13(6-4-11)19(20,21)22/h3-9H,10H2,1-2H3. The molecule has 0 aliphatic carbocycles. The van der Waals surface area contributed by atoms with Crippen molar-refractivity contribution in [3.8, 4) is 22.9 Å². The number of esters is 1. The number of carbonyl (C=O) groups excluding carboxylic acids is 1. The Morgan fingerprint density at radius 2 is 1.66 bits per heavy atom. The number of nitrogens with zero attached hydrogens (tertiary/aromatic N) is 2. The lowest BCUT2D eigenvalue weighted by Crippen LogP contribution is -2.06. The topological polar surface area (TPSA) is 83.7 Å². The molecule has 0 saturated carbocycles. The largest absolute Gasteiger partial charge is 0.497 e. The predicted molar refractivity (Wildman–Crippen MR) is 93.4 cm³/mol. The number of carbonyl (C=O) groups is 1. The van der Waals surface area contributed by atoms with Crippen LogP contribution in [0, 0.1) is 0 Å². The van der Waals surface area contributed by atoms with Crippen LogP contribution >= 0.6 is 0 Å². The first-order valence-corrected chi connectivity index (χ1v) is 8.20. The summed E-state index contributed by atoms with van der Waals surface area (Å²) in [6.45, 7) is -0.313. The molecule has 0 N–H and O–H groups in total. The van der Waals surface area contributed by atoms with Crippen LogP contribution in [0.15, 0.2) is 47.0 Å². The fourth-order valence-corrected chi connectivity index (χ4v) is 2.37. The number of ether oxygens (including phenoxy) is 3. The third-order valence-electron chi connectivity index (χ3n) is 3.85. The summed E-state index contributed by atoms with van der Waals surface area (Å²) >= 11 is 0. The first-order valence-electron chi connectivity index (χ1n) is 8.20. The number of aromatic nitrogens is 2. The van der Waals surface area contributed by atoms with Crippen LogP contribution in [0.2, 0.25) is 0 Å². The molecule has 152 valence electrons. The average Bonchev–Trinajstić information content (AvgIpc) is 3.20. The second-order valence-electron chi connectivity index (χ2n) is 5.76. The summed E-state index contributed by atoms with van der Waals surface area (Å²) in [4.78, 5) is 16.3. The van der Waals surface area contributed by atoms with Crippen LogP contribution in [0.3, 0.4) is 0 Å². The Labute approximate surface area is 163 Å². The van der Waals surface area contributed by atoms with Gasteiger partial charge in [-0.25, -0.2) is 4.79 Å². The summed E-state index contributed by atoms with van der Waals surface area (Å²) in [5, 5.41) is 3.69. The lowest BCUT2D eigenvalue weighted by Gasteiger charge is -2.07. The van der Waals surface area contributed by atoms with Gasteiger partial charge in [-0.15, -0.1) is 0 Å². The molecule has 1 aromatic heterocycles. The monoisotopic (exact) mass is 408 g/mol. The van der Waals surface area contributed by atoms with Crippen molar-refractivity contribution in [3.63, 3.8) is 0 Å². The van der Waals surface area contributed by atoms with Crippen LogP contribution in [-0.2, 0) is 17.5 Å². The van der Waals surface area contributed by atoms with Gasteiger partial charge in [0.1, 0.15) is 11.5 Å². The molecule has 0 atom stereocenters. The van der Waals surface area contributed by atoms with E-state index in [-0.39, 0.29) is 23.9 Å². The third kappa shape index (κ3) is 4.84. The molecule has 0 bridgehead atoms.